The van der Waals surface area contributed by atoms with E-state index in [-0.39, 0.29) is 0 Å². The summed E-state index contributed by atoms with van der Waals surface area (Å²) in [4.78, 5) is 9.18. The number of fused-ring (bicyclic) bond motifs is 1. The molecule has 2 N–H and O–H groups in total. The molecule has 20 heavy (non-hydrogen) atoms. The summed E-state index contributed by atoms with van der Waals surface area (Å²) in [6.45, 7) is 4.46. The Balaban J connectivity index is 2.15. The van der Waals surface area contributed by atoms with E-state index in [9.17, 15) is 0 Å². The molecular formula is C17H17N3. The van der Waals surface area contributed by atoms with Gasteiger partial charge in [0.1, 0.15) is 0 Å². The van der Waals surface area contributed by atoms with Gasteiger partial charge in [-0.1, -0.05) is 36.4 Å². The number of nitrogens with two attached hydrogens (primary N) is 1. The second-order valence-electron chi connectivity index (χ2n) is 4.96. The number of rotatable bonds is 2. The molecule has 0 amide bonds. The highest BCUT2D eigenvalue weighted by Gasteiger charge is 2.09. The molecule has 0 aliphatic rings. The van der Waals surface area contributed by atoms with Gasteiger partial charge in [0.25, 0.3) is 0 Å². The highest BCUT2D eigenvalue weighted by Crippen LogP contribution is 2.23. The first-order chi connectivity index (χ1) is 9.69. The van der Waals surface area contributed by atoms with Crippen molar-refractivity contribution in [3.8, 4) is 11.4 Å². The standard InChI is InChI=1S/C17H17N3/c1-11-16(10-18)12(2)20-17(19-11)15-8-7-13-5-3-4-6-14(13)9-15/h3-9H,10,18H2,1-2H3. The average molecular weight is 263 g/mol. The summed E-state index contributed by atoms with van der Waals surface area (Å²) in [5.74, 6) is 0.767. The van der Waals surface area contributed by atoms with Gasteiger partial charge in [-0.3, -0.25) is 0 Å². The Kier molecular flexibility index (Phi) is 3.20. The third-order valence-corrected chi connectivity index (χ3v) is 3.63. The molecule has 3 aromatic rings. The molecule has 100 valence electrons. The summed E-state index contributed by atoms with van der Waals surface area (Å²) in [5, 5.41) is 2.43. The van der Waals surface area contributed by atoms with Crippen LogP contribution in [0.4, 0.5) is 0 Å². The van der Waals surface area contributed by atoms with Crippen molar-refractivity contribution in [1.82, 2.24) is 9.97 Å². The van der Waals surface area contributed by atoms with Crippen molar-refractivity contribution in [2.45, 2.75) is 20.4 Å². The second kappa shape index (κ2) is 5.02. The zero-order chi connectivity index (χ0) is 14.1. The summed E-state index contributed by atoms with van der Waals surface area (Å²) in [5.41, 5.74) is 9.73. The van der Waals surface area contributed by atoms with Crippen LogP contribution in [0.3, 0.4) is 0 Å². The van der Waals surface area contributed by atoms with E-state index in [4.69, 9.17) is 5.73 Å². The third-order valence-electron chi connectivity index (χ3n) is 3.63. The van der Waals surface area contributed by atoms with Gasteiger partial charge >= 0.3 is 0 Å². The number of aromatic nitrogens is 2. The van der Waals surface area contributed by atoms with E-state index in [1.807, 2.05) is 26.0 Å². The molecule has 2 aromatic carbocycles. The number of hydrogen-bond acceptors (Lipinski definition) is 3. The molecule has 0 unspecified atom stereocenters. The van der Waals surface area contributed by atoms with Crippen LogP contribution in [0.15, 0.2) is 42.5 Å². The molecular weight excluding hydrogens is 246 g/mol. The maximum atomic E-state index is 5.73. The molecule has 1 aromatic heterocycles. The zero-order valence-corrected chi connectivity index (χ0v) is 11.7. The Labute approximate surface area is 118 Å². The van der Waals surface area contributed by atoms with E-state index in [1.54, 1.807) is 0 Å². The van der Waals surface area contributed by atoms with Crippen LogP contribution in [0.2, 0.25) is 0 Å². The summed E-state index contributed by atoms with van der Waals surface area (Å²) in [7, 11) is 0. The molecule has 3 nitrogen and oxygen atoms in total. The molecule has 1 heterocycles. The van der Waals surface area contributed by atoms with Crippen LogP contribution >= 0.6 is 0 Å². The molecule has 0 bridgehead atoms. The second-order valence-corrected chi connectivity index (χ2v) is 4.96. The Hall–Kier alpha value is -2.26. The minimum atomic E-state index is 0.482. The van der Waals surface area contributed by atoms with Crippen LogP contribution < -0.4 is 5.73 Å². The molecule has 3 heteroatoms. The lowest BCUT2D eigenvalue weighted by atomic mass is 10.1. The van der Waals surface area contributed by atoms with Crippen molar-refractivity contribution < 1.29 is 0 Å². The Morgan fingerprint density at radius 1 is 0.900 bits per heavy atom. The highest BCUT2D eigenvalue weighted by molar-refractivity contribution is 5.86. The summed E-state index contributed by atoms with van der Waals surface area (Å²) in [6.07, 6.45) is 0. The van der Waals surface area contributed by atoms with Gasteiger partial charge < -0.3 is 5.73 Å². The van der Waals surface area contributed by atoms with Crippen molar-refractivity contribution in [2.75, 3.05) is 0 Å². The molecule has 0 radical (unpaired) electrons. The van der Waals surface area contributed by atoms with Gasteiger partial charge in [-0.15, -0.1) is 0 Å². The van der Waals surface area contributed by atoms with E-state index in [0.29, 0.717) is 6.54 Å². The lowest BCUT2D eigenvalue weighted by Gasteiger charge is -2.09. The Morgan fingerprint density at radius 3 is 2.20 bits per heavy atom. The lowest BCUT2D eigenvalue weighted by Crippen LogP contribution is -2.07. The van der Waals surface area contributed by atoms with Crippen LogP contribution in [0.5, 0.6) is 0 Å². The van der Waals surface area contributed by atoms with Crippen LogP contribution in [0, 0.1) is 13.8 Å². The summed E-state index contributed by atoms with van der Waals surface area (Å²) in [6, 6.07) is 14.6. The maximum Gasteiger partial charge on any atom is 0.159 e. The molecule has 0 spiro atoms. The van der Waals surface area contributed by atoms with E-state index < -0.39 is 0 Å². The van der Waals surface area contributed by atoms with Crippen molar-refractivity contribution in [1.29, 1.82) is 0 Å². The van der Waals surface area contributed by atoms with Crippen molar-refractivity contribution >= 4 is 10.8 Å². The van der Waals surface area contributed by atoms with Gasteiger partial charge in [0, 0.05) is 29.1 Å². The fraction of sp³-hybridized carbons (Fsp3) is 0.176. The van der Waals surface area contributed by atoms with Crippen molar-refractivity contribution in [3.05, 3.63) is 59.4 Å². The zero-order valence-electron chi connectivity index (χ0n) is 11.7. The molecule has 0 fully saturated rings. The van der Waals surface area contributed by atoms with E-state index >= 15 is 0 Å². The third kappa shape index (κ3) is 2.17. The fourth-order valence-electron chi connectivity index (χ4n) is 2.49. The molecule has 0 saturated carbocycles. The molecule has 0 atom stereocenters. The average Bonchev–Trinajstić information content (AvgIpc) is 2.46. The van der Waals surface area contributed by atoms with Crippen LogP contribution in [-0.2, 0) is 6.54 Å². The molecule has 0 aliphatic heterocycles. The largest absolute Gasteiger partial charge is 0.326 e. The van der Waals surface area contributed by atoms with E-state index in [0.717, 1.165) is 28.3 Å². The first-order valence-corrected chi connectivity index (χ1v) is 6.72. The maximum absolute atomic E-state index is 5.73. The first kappa shape index (κ1) is 12.8. The van der Waals surface area contributed by atoms with Gasteiger partial charge in [-0.25, -0.2) is 9.97 Å². The predicted octanol–water partition coefficient (Wildman–Crippen LogP) is 3.37. The van der Waals surface area contributed by atoms with Gasteiger partial charge in [0.15, 0.2) is 5.82 Å². The number of aryl methyl sites for hydroxylation is 2. The minimum Gasteiger partial charge on any atom is -0.326 e. The SMILES string of the molecule is Cc1nc(-c2ccc3ccccc3c2)nc(C)c1CN. The van der Waals surface area contributed by atoms with Crippen LogP contribution in [0.1, 0.15) is 17.0 Å². The smallest absolute Gasteiger partial charge is 0.159 e. The van der Waals surface area contributed by atoms with Crippen molar-refractivity contribution in [2.24, 2.45) is 5.73 Å². The number of benzene rings is 2. The van der Waals surface area contributed by atoms with Gasteiger partial charge in [0.2, 0.25) is 0 Å². The Morgan fingerprint density at radius 2 is 1.55 bits per heavy atom. The van der Waals surface area contributed by atoms with E-state index in [2.05, 4.69) is 40.3 Å². The predicted molar refractivity (Wildman–Crippen MR) is 82.3 cm³/mol. The van der Waals surface area contributed by atoms with Gasteiger partial charge in [-0.2, -0.15) is 0 Å². The van der Waals surface area contributed by atoms with Crippen LogP contribution in [-0.4, -0.2) is 9.97 Å². The molecule has 3 rings (SSSR count). The highest BCUT2D eigenvalue weighted by atomic mass is 14.9. The summed E-state index contributed by atoms with van der Waals surface area (Å²) < 4.78 is 0. The molecule has 0 saturated heterocycles. The summed E-state index contributed by atoms with van der Waals surface area (Å²) >= 11 is 0. The normalized spacial score (nSPS) is 10.9. The monoisotopic (exact) mass is 263 g/mol. The first-order valence-electron chi connectivity index (χ1n) is 6.72. The van der Waals surface area contributed by atoms with Crippen molar-refractivity contribution in [3.63, 3.8) is 0 Å². The Bertz CT molecular complexity index is 755. The lowest BCUT2D eigenvalue weighted by molar-refractivity contribution is 0.939. The van der Waals surface area contributed by atoms with Gasteiger partial charge in [-0.05, 0) is 30.7 Å². The minimum absolute atomic E-state index is 0.482. The fourth-order valence-corrected chi connectivity index (χ4v) is 2.49. The quantitative estimate of drug-likeness (QED) is 0.771. The number of nitrogens with zero attached hydrogens (tertiary/aromatic N) is 2. The van der Waals surface area contributed by atoms with E-state index in [1.165, 1.54) is 10.8 Å². The van der Waals surface area contributed by atoms with Gasteiger partial charge in [0.05, 0.1) is 0 Å². The topological polar surface area (TPSA) is 51.8 Å². The van der Waals surface area contributed by atoms with Crippen LogP contribution in [0.25, 0.3) is 22.2 Å². The molecule has 0 aliphatic carbocycles. The number of hydrogen-bond donors (Lipinski definition) is 1.